The SMILES string of the molecule is Cc1ccc(CCC2CCN(C(=O)CN3C(=O)C4CC=CCC4C3=O)CC2)cc1. The summed E-state index contributed by atoms with van der Waals surface area (Å²) in [6, 6.07) is 8.71. The second-order valence-electron chi connectivity index (χ2n) is 8.77. The van der Waals surface area contributed by atoms with E-state index < -0.39 is 0 Å². The first kappa shape index (κ1) is 19.9. The smallest absolute Gasteiger partial charge is 0.242 e. The summed E-state index contributed by atoms with van der Waals surface area (Å²) in [6.07, 6.45) is 9.39. The number of nitrogens with zero attached hydrogens (tertiary/aromatic N) is 2. The fourth-order valence-corrected chi connectivity index (χ4v) is 4.86. The number of imide groups is 1. The highest BCUT2D eigenvalue weighted by molar-refractivity contribution is 6.07. The van der Waals surface area contributed by atoms with E-state index in [1.807, 2.05) is 17.1 Å². The molecule has 2 unspecified atom stereocenters. The lowest BCUT2D eigenvalue weighted by molar-refractivity contribution is -0.147. The first-order chi connectivity index (χ1) is 14.0. The third-order valence-corrected chi connectivity index (χ3v) is 6.82. The van der Waals surface area contributed by atoms with Crippen LogP contribution in [0.4, 0.5) is 0 Å². The van der Waals surface area contributed by atoms with Crippen LogP contribution in [0.5, 0.6) is 0 Å². The number of aryl methyl sites for hydroxylation is 2. The number of hydrogen-bond acceptors (Lipinski definition) is 3. The third kappa shape index (κ3) is 4.29. The van der Waals surface area contributed by atoms with Crippen LogP contribution < -0.4 is 0 Å². The van der Waals surface area contributed by atoms with Crippen LogP contribution in [-0.4, -0.2) is 47.2 Å². The number of rotatable bonds is 5. The van der Waals surface area contributed by atoms with Crippen LogP contribution in [0.3, 0.4) is 0 Å². The van der Waals surface area contributed by atoms with Gasteiger partial charge in [-0.25, -0.2) is 0 Å². The molecule has 1 aliphatic carbocycles. The van der Waals surface area contributed by atoms with Crippen LogP contribution in [0.1, 0.15) is 43.2 Å². The molecular formula is C24H30N2O3. The maximum Gasteiger partial charge on any atom is 0.242 e. The zero-order valence-corrected chi connectivity index (χ0v) is 17.2. The highest BCUT2D eigenvalue weighted by atomic mass is 16.2. The summed E-state index contributed by atoms with van der Waals surface area (Å²) >= 11 is 0. The molecule has 5 nitrogen and oxygen atoms in total. The topological polar surface area (TPSA) is 57.7 Å². The van der Waals surface area contributed by atoms with Crippen molar-refractivity contribution in [3.63, 3.8) is 0 Å². The third-order valence-electron chi connectivity index (χ3n) is 6.82. The monoisotopic (exact) mass is 394 g/mol. The zero-order valence-electron chi connectivity index (χ0n) is 17.2. The number of allylic oxidation sites excluding steroid dienone is 2. The van der Waals surface area contributed by atoms with Crippen LogP contribution >= 0.6 is 0 Å². The van der Waals surface area contributed by atoms with Gasteiger partial charge in [-0.1, -0.05) is 42.0 Å². The quantitative estimate of drug-likeness (QED) is 0.570. The number of likely N-dealkylation sites (tertiary alicyclic amines) is 2. The fraction of sp³-hybridized carbons (Fsp3) is 0.542. The van der Waals surface area contributed by atoms with E-state index in [0.29, 0.717) is 18.8 Å². The van der Waals surface area contributed by atoms with Crippen molar-refractivity contribution in [2.45, 2.75) is 45.4 Å². The Morgan fingerprint density at radius 3 is 2.14 bits per heavy atom. The molecule has 2 heterocycles. The molecule has 29 heavy (non-hydrogen) atoms. The van der Waals surface area contributed by atoms with Crippen LogP contribution in [-0.2, 0) is 20.8 Å². The van der Waals surface area contributed by atoms with Gasteiger partial charge in [-0.15, -0.1) is 0 Å². The van der Waals surface area contributed by atoms with Crippen molar-refractivity contribution in [2.24, 2.45) is 17.8 Å². The average Bonchev–Trinajstić information content (AvgIpc) is 2.99. The number of piperidine rings is 1. The number of fused-ring (bicyclic) bond motifs is 1. The van der Waals surface area contributed by atoms with Gasteiger partial charge in [0.1, 0.15) is 6.54 Å². The molecule has 0 spiro atoms. The number of amides is 3. The molecule has 1 aromatic carbocycles. The van der Waals surface area contributed by atoms with Crippen LogP contribution in [0.25, 0.3) is 0 Å². The molecule has 2 atom stereocenters. The number of benzene rings is 1. The van der Waals surface area contributed by atoms with Gasteiger partial charge in [0, 0.05) is 13.1 Å². The van der Waals surface area contributed by atoms with Crippen LogP contribution in [0.2, 0.25) is 0 Å². The van der Waals surface area contributed by atoms with Crippen LogP contribution in [0.15, 0.2) is 36.4 Å². The number of carbonyl (C=O) groups excluding carboxylic acids is 3. The highest BCUT2D eigenvalue weighted by Crippen LogP contribution is 2.35. The Morgan fingerprint density at radius 1 is 0.966 bits per heavy atom. The first-order valence-corrected chi connectivity index (χ1v) is 10.9. The van der Waals surface area contributed by atoms with E-state index in [9.17, 15) is 14.4 Å². The second kappa shape index (κ2) is 8.52. The van der Waals surface area contributed by atoms with E-state index >= 15 is 0 Å². The minimum Gasteiger partial charge on any atom is -0.341 e. The van der Waals surface area contributed by atoms with Crippen molar-refractivity contribution in [1.29, 1.82) is 0 Å². The van der Waals surface area contributed by atoms with E-state index in [4.69, 9.17) is 0 Å². The maximum atomic E-state index is 12.7. The Morgan fingerprint density at radius 2 is 1.55 bits per heavy atom. The Labute approximate surface area is 172 Å². The van der Waals surface area contributed by atoms with E-state index in [-0.39, 0.29) is 36.1 Å². The molecule has 2 aliphatic heterocycles. The lowest BCUT2D eigenvalue weighted by Crippen LogP contribution is -2.46. The lowest BCUT2D eigenvalue weighted by atomic mass is 9.85. The van der Waals surface area contributed by atoms with Gasteiger partial charge < -0.3 is 4.90 Å². The largest absolute Gasteiger partial charge is 0.341 e. The molecule has 2 saturated heterocycles. The van der Waals surface area contributed by atoms with Gasteiger partial charge in [-0.2, -0.15) is 0 Å². The standard InChI is InChI=1S/C24H30N2O3/c1-17-6-8-18(9-7-17)10-11-19-12-14-25(15-13-19)22(27)16-26-23(28)20-4-2-3-5-21(20)24(26)29/h2-3,6-9,19-21H,4-5,10-16H2,1H3. The number of carbonyl (C=O) groups is 3. The van der Waals surface area contributed by atoms with Crippen molar-refractivity contribution in [2.75, 3.05) is 19.6 Å². The molecule has 0 N–H and O–H groups in total. The summed E-state index contributed by atoms with van der Waals surface area (Å²) < 4.78 is 0. The van der Waals surface area contributed by atoms with E-state index in [1.165, 1.54) is 16.0 Å². The van der Waals surface area contributed by atoms with Gasteiger partial charge in [0.15, 0.2) is 0 Å². The van der Waals surface area contributed by atoms with Crippen LogP contribution in [0, 0.1) is 24.7 Å². The lowest BCUT2D eigenvalue weighted by Gasteiger charge is -2.33. The Hall–Kier alpha value is -2.43. The molecule has 3 aliphatic rings. The molecule has 0 bridgehead atoms. The molecule has 0 radical (unpaired) electrons. The highest BCUT2D eigenvalue weighted by Gasteiger charge is 2.48. The molecule has 3 amide bonds. The van der Waals surface area contributed by atoms with Gasteiger partial charge in [-0.3, -0.25) is 19.3 Å². The summed E-state index contributed by atoms with van der Waals surface area (Å²) in [5, 5.41) is 0. The molecule has 1 aromatic rings. The average molecular weight is 395 g/mol. The summed E-state index contributed by atoms with van der Waals surface area (Å²) in [6.45, 7) is 3.47. The fourth-order valence-electron chi connectivity index (χ4n) is 4.86. The summed E-state index contributed by atoms with van der Waals surface area (Å²) in [4.78, 5) is 40.9. The molecule has 0 saturated carbocycles. The predicted molar refractivity (Wildman–Crippen MR) is 111 cm³/mol. The predicted octanol–water partition coefficient (Wildman–Crippen LogP) is 3.12. The van der Waals surface area contributed by atoms with Crippen molar-refractivity contribution in [3.8, 4) is 0 Å². The number of hydrogen-bond donors (Lipinski definition) is 0. The Kier molecular flexibility index (Phi) is 5.84. The minimum atomic E-state index is -0.257. The van der Waals surface area contributed by atoms with Gasteiger partial charge >= 0.3 is 0 Å². The van der Waals surface area contributed by atoms with Crippen molar-refractivity contribution >= 4 is 17.7 Å². The van der Waals surface area contributed by atoms with Gasteiger partial charge in [0.2, 0.25) is 17.7 Å². The van der Waals surface area contributed by atoms with Crippen molar-refractivity contribution in [1.82, 2.24) is 9.80 Å². The molecule has 0 aromatic heterocycles. The van der Waals surface area contributed by atoms with Gasteiger partial charge in [0.25, 0.3) is 0 Å². The summed E-state index contributed by atoms with van der Waals surface area (Å²) in [5.74, 6) is -0.295. The normalized spacial score (nSPS) is 24.9. The summed E-state index contributed by atoms with van der Waals surface area (Å²) in [5.41, 5.74) is 2.65. The Bertz CT molecular complexity index is 780. The van der Waals surface area contributed by atoms with Crippen molar-refractivity contribution < 1.29 is 14.4 Å². The minimum absolute atomic E-state index is 0.0846. The first-order valence-electron chi connectivity index (χ1n) is 10.9. The summed E-state index contributed by atoms with van der Waals surface area (Å²) in [7, 11) is 0. The molecule has 154 valence electrons. The molecular weight excluding hydrogens is 364 g/mol. The molecule has 2 fully saturated rings. The van der Waals surface area contributed by atoms with Gasteiger partial charge in [-0.05, 0) is 56.9 Å². The second-order valence-corrected chi connectivity index (χ2v) is 8.77. The van der Waals surface area contributed by atoms with E-state index in [2.05, 4.69) is 31.2 Å². The van der Waals surface area contributed by atoms with Gasteiger partial charge in [0.05, 0.1) is 11.8 Å². The zero-order chi connectivity index (χ0) is 20.4. The van der Waals surface area contributed by atoms with E-state index in [0.717, 1.165) is 38.8 Å². The van der Waals surface area contributed by atoms with E-state index in [1.54, 1.807) is 0 Å². The molecule has 4 rings (SSSR count). The molecule has 5 heteroatoms. The Balaban J connectivity index is 1.24. The van der Waals surface area contributed by atoms with Crippen molar-refractivity contribution in [3.05, 3.63) is 47.5 Å². The maximum absolute atomic E-state index is 12.7.